The van der Waals surface area contributed by atoms with Gasteiger partial charge in [0.1, 0.15) is 6.04 Å². The Morgan fingerprint density at radius 1 is 1.42 bits per heavy atom. The maximum absolute atomic E-state index is 12.8. The lowest BCUT2D eigenvalue weighted by atomic mass is 10.1. The molecule has 5 nitrogen and oxygen atoms in total. The molecule has 0 bridgehead atoms. The molecule has 1 saturated heterocycles. The van der Waals surface area contributed by atoms with Gasteiger partial charge in [0.2, 0.25) is 5.91 Å². The second kappa shape index (κ2) is 8.81. The molecule has 3 rings (SSSR count). The number of carbonyl (C=O) groups excluding carboxylic acids is 1. The van der Waals surface area contributed by atoms with Gasteiger partial charge in [0.05, 0.1) is 18.8 Å². The molecule has 0 radical (unpaired) electrons. The van der Waals surface area contributed by atoms with Crippen molar-refractivity contribution in [3.8, 4) is 0 Å². The number of benzene rings is 1. The molecule has 0 spiro atoms. The van der Waals surface area contributed by atoms with E-state index in [0.29, 0.717) is 36.9 Å². The SMILES string of the molecule is Cl.O=C(Nc1ncc(Cc2cccc(C(F)(F)F)c2)s1)C1COCCN1. The molecular weight excluding hydrogens is 391 g/mol. The highest BCUT2D eigenvalue weighted by atomic mass is 35.5. The van der Waals surface area contributed by atoms with E-state index in [1.807, 2.05) is 0 Å². The van der Waals surface area contributed by atoms with Crippen LogP contribution < -0.4 is 10.6 Å². The maximum atomic E-state index is 12.8. The number of morpholine rings is 1. The summed E-state index contributed by atoms with van der Waals surface area (Å²) in [4.78, 5) is 17.0. The van der Waals surface area contributed by atoms with E-state index in [9.17, 15) is 18.0 Å². The van der Waals surface area contributed by atoms with Crippen molar-refractivity contribution in [2.75, 3.05) is 25.1 Å². The number of nitrogens with zero attached hydrogens (tertiary/aromatic N) is 1. The van der Waals surface area contributed by atoms with Crippen LogP contribution in [-0.4, -0.2) is 36.7 Å². The Kier molecular flexibility index (Phi) is 6.99. The fourth-order valence-corrected chi connectivity index (χ4v) is 3.28. The van der Waals surface area contributed by atoms with E-state index < -0.39 is 17.8 Å². The highest BCUT2D eigenvalue weighted by Gasteiger charge is 2.30. The number of rotatable bonds is 4. The largest absolute Gasteiger partial charge is 0.416 e. The van der Waals surface area contributed by atoms with Crippen molar-refractivity contribution in [1.29, 1.82) is 0 Å². The molecule has 1 aliphatic rings. The molecule has 0 saturated carbocycles. The predicted molar refractivity (Wildman–Crippen MR) is 94.9 cm³/mol. The van der Waals surface area contributed by atoms with Gasteiger partial charge in [-0.05, 0) is 11.6 Å². The summed E-state index contributed by atoms with van der Waals surface area (Å²) < 4.78 is 43.5. The van der Waals surface area contributed by atoms with Crippen LogP contribution in [-0.2, 0) is 22.1 Å². The number of hydrogen-bond acceptors (Lipinski definition) is 5. The van der Waals surface area contributed by atoms with Crippen molar-refractivity contribution in [3.05, 3.63) is 46.5 Å². The number of alkyl halides is 3. The number of hydrogen-bond donors (Lipinski definition) is 2. The molecule has 2 N–H and O–H groups in total. The fourth-order valence-electron chi connectivity index (χ4n) is 2.43. The van der Waals surface area contributed by atoms with Crippen LogP contribution in [0.15, 0.2) is 30.5 Å². The third-order valence-electron chi connectivity index (χ3n) is 3.65. The Morgan fingerprint density at radius 2 is 2.23 bits per heavy atom. The van der Waals surface area contributed by atoms with Crippen molar-refractivity contribution in [3.63, 3.8) is 0 Å². The molecule has 142 valence electrons. The minimum Gasteiger partial charge on any atom is -0.378 e. The lowest BCUT2D eigenvalue weighted by Gasteiger charge is -2.22. The van der Waals surface area contributed by atoms with Gasteiger partial charge in [-0.1, -0.05) is 18.2 Å². The predicted octanol–water partition coefficient (Wildman–Crippen LogP) is 3.10. The summed E-state index contributed by atoms with van der Waals surface area (Å²) in [7, 11) is 0. The van der Waals surface area contributed by atoms with Crippen LogP contribution in [0.2, 0.25) is 0 Å². The smallest absolute Gasteiger partial charge is 0.378 e. The van der Waals surface area contributed by atoms with Gasteiger partial charge in [-0.2, -0.15) is 13.2 Å². The molecular formula is C16H17ClF3N3O2S. The van der Waals surface area contributed by atoms with Gasteiger partial charge in [-0.25, -0.2) is 4.98 Å². The molecule has 1 aromatic carbocycles. The third-order valence-corrected chi connectivity index (χ3v) is 4.57. The van der Waals surface area contributed by atoms with Gasteiger partial charge in [0, 0.05) is 24.0 Å². The monoisotopic (exact) mass is 407 g/mol. The van der Waals surface area contributed by atoms with Gasteiger partial charge in [-0.3, -0.25) is 4.79 Å². The number of halogens is 4. The van der Waals surface area contributed by atoms with E-state index in [4.69, 9.17) is 4.74 Å². The summed E-state index contributed by atoms with van der Waals surface area (Å²) in [5.41, 5.74) is -0.134. The number of amides is 1. The molecule has 10 heteroatoms. The van der Waals surface area contributed by atoms with Gasteiger partial charge in [0.25, 0.3) is 0 Å². The molecule has 2 aromatic rings. The van der Waals surface area contributed by atoms with Gasteiger partial charge in [0.15, 0.2) is 5.13 Å². The standard InChI is InChI=1S/C16H16F3N3O2S.ClH/c17-16(18,19)11-3-1-2-10(6-11)7-12-8-21-15(25-12)22-14(23)13-9-24-5-4-20-13;/h1-3,6,8,13,20H,4-5,7,9H2,(H,21,22,23);1H. The van der Waals surface area contributed by atoms with Crippen LogP contribution in [0.4, 0.5) is 18.3 Å². The van der Waals surface area contributed by atoms with Crippen LogP contribution >= 0.6 is 23.7 Å². The Balaban J connectivity index is 0.00000243. The van der Waals surface area contributed by atoms with Gasteiger partial charge >= 0.3 is 6.18 Å². The van der Waals surface area contributed by atoms with E-state index in [1.165, 1.54) is 17.4 Å². The third kappa shape index (κ3) is 5.41. The Labute approximate surface area is 158 Å². The first-order valence-corrected chi connectivity index (χ1v) is 8.46. The lowest BCUT2D eigenvalue weighted by Crippen LogP contribution is -2.48. The first-order chi connectivity index (χ1) is 11.9. The topological polar surface area (TPSA) is 63.2 Å². The normalized spacial score (nSPS) is 17.4. The Bertz CT molecular complexity index is 748. The zero-order chi connectivity index (χ0) is 17.9. The van der Waals surface area contributed by atoms with E-state index in [0.717, 1.165) is 17.0 Å². The maximum Gasteiger partial charge on any atom is 0.416 e. The van der Waals surface area contributed by atoms with Gasteiger partial charge < -0.3 is 15.4 Å². The van der Waals surface area contributed by atoms with E-state index in [-0.39, 0.29) is 18.3 Å². The highest BCUT2D eigenvalue weighted by Crippen LogP contribution is 2.30. The second-order valence-corrected chi connectivity index (χ2v) is 6.69. The number of carbonyl (C=O) groups is 1. The minimum absolute atomic E-state index is 0. The molecule has 2 heterocycles. The molecule has 1 atom stereocenters. The average molecular weight is 408 g/mol. The highest BCUT2D eigenvalue weighted by molar-refractivity contribution is 7.15. The van der Waals surface area contributed by atoms with Crippen LogP contribution in [0.1, 0.15) is 16.0 Å². The van der Waals surface area contributed by atoms with E-state index >= 15 is 0 Å². The Morgan fingerprint density at radius 3 is 2.92 bits per heavy atom. The van der Waals surface area contributed by atoms with E-state index in [2.05, 4.69) is 15.6 Å². The zero-order valence-corrected chi connectivity index (χ0v) is 15.1. The van der Waals surface area contributed by atoms with Crippen LogP contribution in [0.25, 0.3) is 0 Å². The summed E-state index contributed by atoms with van der Waals surface area (Å²) in [6.07, 6.45) is -2.48. The lowest BCUT2D eigenvalue weighted by molar-refractivity contribution is -0.137. The molecule has 26 heavy (non-hydrogen) atoms. The Hall–Kier alpha value is -1.68. The molecule has 1 aromatic heterocycles. The molecule has 1 unspecified atom stereocenters. The number of thiazole rings is 1. The molecule has 0 aliphatic carbocycles. The van der Waals surface area contributed by atoms with Crippen molar-refractivity contribution in [2.45, 2.75) is 18.6 Å². The number of aromatic nitrogens is 1. The summed E-state index contributed by atoms with van der Waals surface area (Å²) in [6.45, 7) is 1.48. The quantitative estimate of drug-likeness (QED) is 0.817. The molecule has 1 fully saturated rings. The number of nitrogens with one attached hydrogen (secondary N) is 2. The van der Waals surface area contributed by atoms with Gasteiger partial charge in [-0.15, -0.1) is 23.7 Å². The van der Waals surface area contributed by atoms with Crippen LogP contribution in [0, 0.1) is 0 Å². The summed E-state index contributed by atoms with van der Waals surface area (Å²) in [5, 5.41) is 6.15. The van der Waals surface area contributed by atoms with Crippen molar-refractivity contribution in [1.82, 2.24) is 10.3 Å². The minimum atomic E-state index is -4.36. The first kappa shape index (κ1) is 20.6. The van der Waals surface area contributed by atoms with Crippen LogP contribution in [0.3, 0.4) is 0 Å². The van der Waals surface area contributed by atoms with Crippen LogP contribution in [0.5, 0.6) is 0 Å². The average Bonchev–Trinajstić information content (AvgIpc) is 3.02. The molecule has 1 amide bonds. The fraction of sp³-hybridized carbons (Fsp3) is 0.375. The molecule has 1 aliphatic heterocycles. The number of ether oxygens (including phenoxy) is 1. The van der Waals surface area contributed by atoms with E-state index in [1.54, 1.807) is 12.3 Å². The van der Waals surface area contributed by atoms with Crippen molar-refractivity contribution < 1.29 is 22.7 Å². The number of anilines is 1. The zero-order valence-electron chi connectivity index (χ0n) is 13.5. The van der Waals surface area contributed by atoms with Crippen molar-refractivity contribution in [2.24, 2.45) is 0 Å². The summed E-state index contributed by atoms with van der Waals surface area (Å²) in [6, 6.07) is 4.76. The summed E-state index contributed by atoms with van der Waals surface area (Å²) >= 11 is 1.24. The summed E-state index contributed by atoms with van der Waals surface area (Å²) in [5.74, 6) is -0.236. The first-order valence-electron chi connectivity index (χ1n) is 7.64. The van der Waals surface area contributed by atoms with Crippen molar-refractivity contribution >= 4 is 34.8 Å². The second-order valence-electron chi connectivity index (χ2n) is 5.58.